The molecule has 218 valence electrons. The summed E-state index contributed by atoms with van der Waals surface area (Å²) in [6, 6.07) is 19.7. The summed E-state index contributed by atoms with van der Waals surface area (Å²) in [5, 5.41) is 3.15. The second-order valence-electron chi connectivity index (χ2n) is 10.5. The number of aryl methyl sites for hydroxylation is 1. The lowest BCUT2D eigenvalue weighted by molar-refractivity contribution is -0.140. The molecule has 0 bridgehead atoms. The highest BCUT2D eigenvalue weighted by Crippen LogP contribution is 2.26. The van der Waals surface area contributed by atoms with Crippen molar-refractivity contribution in [1.29, 1.82) is 0 Å². The summed E-state index contributed by atoms with van der Waals surface area (Å²) in [7, 11) is -4.19. The minimum atomic E-state index is -4.19. The van der Waals surface area contributed by atoms with Gasteiger partial charge < -0.3 is 10.2 Å². The molecule has 3 aromatic rings. The van der Waals surface area contributed by atoms with Crippen molar-refractivity contribution in [2.24, 2.45) is 0 Å². The molecule has 0 heterocycles. The minimum absolute atomic E-state index is 0.00432. The van der Waals surface area contributed by atoms with E-state index in [2.05, 4.69) is 5.32 Å². The molecule has 0 unspecified atom stereocenters. The molecule has 1 fully saturated rings. The van der Waals surface area contributed by atoms with E-state index in [9.17, 15) is 22.4 Å². The average Bonchev–Trinajstić information content (AvgIpc) is 2.98. The highest BCUT2D eigenvalue weighted by molar-refractivity contribution is 7.92. The zero-order valence-corrected chi connectivity index (χ0v) is 24.4. The summed E-state index contributed by atoms with van der Waals surface area (Å²) in [6.45, 7) is 3.38. The van der Waals surface area contributed by atoms with E-state index in [1.165, 1.54) is 29.2 Å². The lowest BCUT2D eigenvalue weighted by Gasteiger charge is -2.34. The van der Waals surface area contributed by atoms with Crippen molar-refractivity contribution >= 4 is 27.5 Å². The van der Waals surface area contributed by atoms with Crippen molar-refractivity contribution in [3.05, 3.63) is 95.8 Å². The van der Waals surface area contributed by atoms with Gasteiger partial charge in [-0.25, -0.2) is 12.8 Å². The number of carbonyl (C=O) groups excluding carboxylic acids is 2. The van der Waals surface area contributed by atoms with Crippen LogP contribution in [0.3, 0.4) is 0 Å². The molecule has 1 N–H and O–H groups in total. The average molecular weight is 580 g/mol. The molecule has 0 aliphatic heterocycles. The zero-order chi connectivity index (χ0) is 29.4. The fourth-order valence-corrected chi connectivity index (χ4v) is 6.73. The molecule has 4 rings (SSSR count). The van der Waals surface area contributed by atoms with E-state index in [0.29, 0.717) is 6.42 Å². The van der Waals surface area contributed by atoms with Crippen molar-refractivity contribution in [3.63, 3.8) is 0 Å². The van der Waals surface area contributed by atoms with E-state index in [1.807, 2.05) is 38.1 Å². The molecule has 9 heteroatoms. The van der Waals surface area contributed by atoms with Gasteiger partial charge in [0.05, 0.1) is 10.6 Å². The van der Waals surface area contributed by atoms with Gasteiger partial charge in [0.2, 0.25) is 11.8 Å². The van der Waals surface area contributed by atoms with Crippen LogP contribution < -0.4 is 9.62 Å². The van der Waals surface area contributed by atoms with Crippen LogP contribution in [0.2, 0.25) is 0 Å². The summed E-state index contributed by atoms with van der Waals surface area (Å²) in [5.41, 5.74) is 1.98. The van der Waals surface area contributed by atoms with Crippen molar-refractivity contribution in [3.8, 4) is 0 Å². The smallest absolute Gasteiger partial charge is 0.264 e. The fraction of sp³-hybridized carbons (Fsp3) is 0.375. The van der Waals surface area contributed by atoms with Gasteiger partial charge in [0.1, 0.15) is 18.4 Å². The lowest BCUT2D eigenvalue weighted by atomic mass is 9.95. The number of nitrogens with zero attached hydrogens (tertiary/aromatic N) is 2. The number of amides is 2. The van der Waals surface area contributed by atoms with E-state index >= 15 is 0 Å². The molecule has 0 saturated heterocycles. The van der Waals surface area contributed by atoms with Crippen LogP contribution in [-0.2, 0) is 26.2 Å². The number of rotatable bonds is 11. The van der Waals surface area contributed by atoms with Gasteiger partial charge in [-0.2, -0.15) is 0 Å². The topological polar surface area (TPSA) is 86.8 Å². The molecule has 0 radical (unpaired) electrons. The molecule has 1 saturated carbocycles. The Labute approximate surface area is 242 Å². The maximum absolute atomic E-state index is 14.2. The van der Waals surface area contributed by atoms with Crippen molar-refractivity contribution in [1.82, 2.24) is 10.2 Å². The second-order valence-corrected chi connectivity index (χ2v) is 12.4. The summed E-state index contributed by atoms with van der Waals surface area (Å²) < 4.78 is 42.4. The lowest BCUT2D eigenvalue weighted by Crippen LogP contribution is -2.54. The van der Waals surface area contributed by atoms with Crippen LogP contribution in [-0.4, -0.2) is 43.8 Å². The third kappa shape index (κ3) is 7.52. The Hall–Kier alpha value is -3.72. The number of hydrogen-bond acceptors (Lipinski definition) is 4. The van der Waals surface area contributed by atoms with Crippen LogP contribution in [0.1, 0.15) is 56.6 Å². The monoisotopic (exact) mass is 579 g/mol. The van der Waals surface area contributed by atoms with Gasteiger partial charge in [0, 0.05) is 12.6 Å². The van der Waals surface area contributed by atoms with Crippen molar-refractivity contribution in [2.75, 3.05) is 10.8 Å². The van der Waals surface area contributed by atoms with E-state index in [4.69, 9.17) is 0 Å². The third-order valence-electron chi connectivity index (χ3n) is 7.66. The number of hydrogen-bond donors (Lipinski definition) is 1. The van der Waals surface area contributed by atoms with E-state index in [-0.39, 0.29) is 29.1 Å². The SMILES string of the molecule is CC[C@H](C(=O)NC1CCCCC1)N(Cc1ccccc1C)C(=O)CN(c1ccc(F)cc1)S(=O)(=O)c1ccccc1. The quantitative estimate of drug-likeness (QED) is 0.321. The van der Waals surface area contributed by atoms with Crippen LogP contribution in [0.4, 0.5) is 10.1 Å². The summed E-state index contributed by atoms with van der Waals surface area (Å²) >= 11 is 0. The van der Waals surface area contributed by atoms with Gasteiger partial charge in [0.25, 0.3) is 10.0 Å². The maximum atomic E-state index is 14.2. The normalized spacial score (nSPS) is 14.7. The Morgan fingerprint density at radius 1 is 0.927 bits per heavy atom. The molecule has 0 aromatic heterocycles. The van der Waals surface area contributed by atoms with Crippen LogP contribution in [0.5, 0.6) is 0 Å². The number of sulfonamides is 1. The molecular weight excluding hydrogens is 541 g/mol. The molecule has 7 nitrogen and oxygen atoms in total. The van der Waals surface area contributed by atoms with Gasteiger partial charge in [-0.1, -0.05) is 68.7 Å². The zero-order valence-electron chi connectivity index (χ0n) is 23.6. The molecule has 2 amide bonds. The Balaban J connectivity index is 1.70. The van der Waals surface area contributed by atoms with E-state index < -0.39 is 34.3 Å². The summed E-state index contributed by atoms with van der Waals surface area (Å²) in [6.07, 6.45) is 5.42. The van der Waals surface area contributed by atoms with Crippen LogP contribution >= 0.6 is 0 Å². The first-order valence-electron chi connectivity index (χ1n) is 14.2. The molecule has 41 heavy (non-hydrogen) atoms. The third-order valence-corrected chi connectivity index (χ3v) is 9.45. The predicted molar refractivity (Wildman–Crippen MR) is 158 cm³/mol. The number of carbonyl (C=O) groups is 2. The van der Waals surface area contributed by atoms with Gasteiger partial charge >= 0.3 is 0 Å². The second kappa shape index (κ2) is 13.8. The van der Waals surface area contributed by atoms with E-state index in [1.54, 1.807) is 18.2 Å². The maximum Gasteiger partial charge on any atom is 0.264 e. The highest BCUT2D eigenvalue weighted by Gasteiger charge is 2.34. The first-order valence-corrected chi connectivity index (χ1v) is 15.6. The fourth-order valence-electron chi connectivity index (χ4n) is 5.29. The molecule has 1 aliphatic carbocycles. The molecule has 3 aromatic carbocycles. The molecule has 1 aliphatic rings. The first kappa shape index (κ1) is 30.2. The van der Waals surface area contributed by atoms with E-state index in [0.717, 1.165) is 59.7 Å². The molecule has 1 atom stereocenters. The number of nitrogens with one attached hydrogen (secondary N) is 1. The number of halogens is 1. The molecular formula is C32H38FN3O4S. The van der Waals surface area contributed by atoms with Crippen LogP contribution in [0.15, 0.2) is 83.8 Å². The Bertz CT molecular complexity index is 1420. The highest BCUT2D eigenvalue weighted by atomic mass is 32.2. The van der Waals surface area contributed by atoms with Crippen molar-refractivity contribution in [2.45, 2.75) is 75.9 Å². The van der Waals surface area contributed by atoms with Gasteiger partial charge in [-0.15, -0.1) is 0 Å². The Morgan fingerprint density at radius 2 is 1.56 bits per heavy atom. The van der Waals surface area contributed by atoms with Crippen molar-refractivity contribution < 1.29 is 22.4 Å². The number of anilines is 1. The first-order chi connectivity index (χ1) is 19.7. The standard InChI is InChI=1S/C32H38FN3O4S/c1-3-30(32(38)34-27-14-6-4-7-15-27)35(22-25-13-11-10-12-24(25)2)31(37)23-36(28-20-18-26(33)19-21-28)41(39,40)29-16-8-5-9-17-29/h5,8-13,16-21,27,30H,3-4,6-7,14-15,22-23H2,1-2H3,(H,34,38)/t30-/m1/s1. The molecule has 0 spiro atoms. The largest absolute Gasteiger partial charge is 0.352 e. The summed E-state index contributed by atoms with van der Waals surface area (Å²) in [4.78, 5) is 29.2. The minimum Gasteiger partial charge on any atom is -0.352 e. The van der Waals surface area contributed by atoms with Gasteiger partial charge in [-0.05, 0) is 73.7 Å². The van der Waals surface area contributed by atoms with Gasteiger partial charge in [0.15, 0.2) is 0 Å². The Kier molecular flexibility index (Phi) is 10.2. The number of benzene rings is 3. The summed E-state index contributed by atoms with van der Waals surface area (Å²) in [5.74, 6) is -1.29. The van der Waals surface area contributed by atoms with Crippen LogP contribution in [0, 0.1) is 12.7 Å². The van der Waals surface area contributed by atoms with Crippen LogP contribution in [0.25, 0.3) is 0 Å². The predicted octanol–water partition coefficient (Wildman–Crippen LogP) is 5.59. The Morgan fingerprint density at radius 3 is 2.20 bits per heavy atom. The van der Waals surface area contributed by atoms with Gasteiger partial charge in [-0.3, -0.25) is 13.9 Å².